The van der Waals surface area contributed by atoms with Crippen LogP contribution in [0.5, 0.6) is 0 Å². The lowest BCUT2D eigenvalue weighted by atomic mass is 9.80. The Bertz CT molecular complexity index is 648. The van der Waals surface area contributed by atoms with E-state index in [-0.39, 0.29) is 6.03 Å². The summed E-state index contributed by atoms with van der Waals surface area (Å²) in [5.74, 6) is 0. The van der Waals surface area contributed by atoms with Gasteiger partial charge in [-0.05, 0) is 30.9 Å². The predicted octanol–water partition coefficient (Wildman–Crippen LogP) is 1.95. The van der Waals surface area contributed by atoms with E-state index in [9.17, 15) is 9.90 Å². The van der Waals surface area contributed by atoms with Crippen molar-refractivity contribution >= 4 is 16.9 Å². The highest BCUT2D eigenvalue weighted by atomic mass is 16.3. The maximum absolute atomic E-state index is 11.8. The summed E-state index contributed by atoms with van der Waals surface area (Å²) in [7, 11) is 0. The zero-order valence-corrected chi connectivity index (χ0v) is 11.8. The van der Waals surface area contributed by atoms with Crippen molar-refractivity contribution in [2.24, 2.45) is 0 Å². The van der Waals surface area contributed by atoms with Crippen molar-refractivity contribution in [2.75, 3.05) is 6.54 Å². The second kappa shape index (κ2) is 5.69. The summed E-state index contributed by atoms with van der Waals surface area (Å²) in [6, 6.07) is 9.54. The third-order valence-corrected chi connectivity index (χ3v) is 4.02. The van der Waals surface area contributed by atoms with E-state index in [1.807, 2.05) is 30.3 Å². The van der Waals surface area contributed by atoms with E-state index in [2.05, 4.69) is 15.6 Å². The van der Waals surface area contributed by atoms with Gasteiger partial charge in [0.2, 0.25) is 0 Å². The molecule has 3 rings (SSSR count). The molecule has 5 nitrogen and oxygen atoms in total. The second-order valence-corrected chi connectivity index (χ2v) is 5.61. The van der Waals surface area contributed by atoms with Crippen LogP contribution in [0.15, 0.2) is 36.5 Å². The van der Waals surface area contributed by atoms with Crippen molar-refractivity contribution in [2.45, 2.75) is 31.4 Å². The van der Waals surface area contributed by atoms with Crippen LogP contribution in [0.2, 0.25) is 0 Å². The van der Waals surface area contributed by atoms with Crippen LogP contribution < -0.4 is 10.6 Å². The summed E-state index contributed by atoms with van der Waals surface area (Å²) in [5, 5.41) is 16.5. The van der Waals surface area contributed by atoms with Crippen LogP contribution in [-0.2, 0) is 6.54 Å². The van der Waals surface area contributed by atoms with E-state index in [0.29, 0.717) is 13.1 Å². The van der Waals surface area contributed by atoms with Gasteiger partial charge in [-0.1, -0.05) is 24.3 Å². The first-order valence-corrected chi connectivity index (χ1v) is 7.23. The Kier molecular flexibility index (Phi) is 3.75. The van der Waals surface area contributed by atoms with E-state index >= 15 is 0 Å². The van der Waals surface area contributed by atoms with Gasteiger partial charge in [0.15, 0.2) is 0 Å². The van der Waals surface area contributed by atoms with Gasteiger partial charge >= 0.3 is 6.03 Å². The third kappa shape index (κ3) is 3.13. The highest BCUT2D eigenvalue weighted by Gasteiger charge is 2.34. The molecule has 0 spiro atoms. The van der Waals surface area contributed by atoms with Gasteiger partial charge in [0.1, 0.15) is 0 Å². The molecule has 0 bridgehead atoms. The molecule has 0 radical (unpaired) electrons. The first kappa shape index (κ1) is 13.8. The fourth-order valence-electron chi connectivity index (χ4n) is 2.55. The molecule has 0 aliphatic heterocycles. The van der Waals surface area contributed by atoms with Gasteiger partial charge in [-0.25, -0.2) is 4.79 Å². The minimum atomic E-state index is -0.696. The number of carbonyl (C=O) groups excluding carboxylic acids is 1. The Labute approximate surface area is 123 Å². The monoisotopic (exact) mass is 285 g/mol. The molecule has 1 fully saturated rings. The minimum absolute atomic E-state index is 0.261. The molecule has 1 aliphatic carbocycles. The molecule has 0 atom stereocenters. The summed E-state index contributed by atoms with van der Waals surface area (Å²) >= 11 is 0. The fraction of sp³-hybridized carbons (Fsp3) is 0.375. The Hall–Kier alpha value is -2.14. The fourth-order valence-corrected chi connectivity index (χ4v) is 2.55. The average Bonchev–Trinajstić information content (AvgIpc) is 2.49. The maximum Gasteiger partial charge on any atom is 0.315 e. The van der Waals surface area contributed by atoms with Crippen LogP contribution in [0.3, 0.4) is 0 Å². The molecule has 1 heterocycles. The van der Waals surface area contributed by atoms with E-state index in [4.69, 9.17) is 0 Å². The maximum atomic E-state index is 11.8. The van der Waals surface area contributed by atoms with Gasteiger partial charge < -0.3 is 15.7 Å². The molecular formula is C16H19N3O2. The molecule has 2 aromatic rings. The number of carbonyl (C=O) groups is 1. The number of para-hydroxylation sites is 1. The number of hydrogen-bond donors (Lipinski definition) is 3. The largest absolute Gasteiger partial charge is 0.388 e. The highest BCUT2D eigenvalue weighted by molar-refractivity contribution is 5.82. The van der Waals surface area contributed by atoms with Crippen molar-refractivity contribution in [1.82, 2.24) is 15.6 Å². The number of rotatable bonds is 4. The molecule has 2 amide bonds. The number of benzene rings is 1. The van der Waals surface area contributed by atoms with Gasteiger partial charge in [-0.3, -0.25) is 4.98 Å². The van der Waals surface area contributed by atoms with Gasteiger partial charge in [0.25, 0.3) is 0 Å². The first-order chi connectivity index (χ1) is 10.2. The van der Waals surface area contributed by atoms with Crippen LogP contribution in [0.4, 0.5) is 4.79 Å². The van der Waals surface area contributed by atoms with E-state index in [1.54, 1.807) is 6.20 Å². The standard InChI is InChI=1S/C16H19N3O2/c20-15(19-11-16(21)7-3-8-16)18-10-13-5-1-4-12-6-2-9-17-14(12)13/h1-2,4-6,9,21H,3,7-8,10-11H2,(H2,18,19,20). The zero-order valence-electron chi connectivity index (χ0n) is 11.8. The van der Waals surface area contributed by atoms with Crippen LogP contribution in [-0.4, -0.2) is 28.3 Å². The van der Waals surface area contributed by atoms with E-state index in [0.717, 1.165) is 35.7 Å². The van der Waals surface area contributed by atoms with Crippen LogP contribution in [0.25, 0.3) is 10.9 Å². The molecule has 1 aromatic carbocycles. The lowest BCUT2D eigenvalue weighted by Crippen LogP contribution is -2.49. The predicted molar refractivity (Wildman–Crippen MR) is 80.8 cm³/mol. The van der Waals surface area contributed by atoms with Crippen LogP contribution in [0.1, 0.15) is 24.8 Å². The highest BCUT2D eigenvalue weighted by Crippen LogP contribution is 2.30. The summed E-state index contributed by atoms with van der Waals surface area (Å²) in [5.41, 5.74) is 1.18. The summed E-state index contributed by atoms with van der Waals surface area (Å²) in [6.07, 6.45) is 4.31. The van der Waals surface area contributed by atoms with E-state index < -0.39 is 5.60 Å². The average molecular weight is 285 g/mol. The number of hydrogen-bond acceptors (Lipinski definition) is 3. The minimum Gasteiger partial charge on any atom is -0.388 e. The molecule has 0 saturated heterocycles. The molecule has 5 heteroatoms. The summed E-state index contributed by atoms with van der Waals surface area (Å²) < 4.78 is 0. The van der Waals surface area contributed by atoms with Crippen molar-refractivity contribution < 1.29 is 9.90 Å². The number of fused-ring (bicyclic) bond motifs is 1. The molecule has 3 N–H and O–H groups in total. The van der Waals surface area contributed by atoms with Crippen LogP contribution in [0, 0.1) is 0 Å². The molecule has 1 aromatic heterocycles. The summed E-state index contributed by atoms with van der Waals surface area (Å²) in [4.78, 5) is 16.1. The molecule has 21 heavy (non-hydrogen) atoms. The smallest absolute Gasteiger partial charge is 0.315 e. The lowest BCUT2D eigenvalue weighted by molar-refractivity contribution is -0.0290. The Morgan fingerprint density at radius 1 is 1.24 bits per heavy atom. The second-order valence-electron chi connectivity index (χ2n) is 5.61. The number of nitrogens with one attached hydrogen (secondary N) is 2. The van der Waals surface area contributed by atoms with Crippen LogP contribution >= 0.6 is 0 Å². The molecule has 110 valence electrons. The topological polar surface area (TPSA) is 74.2 Å². The SMILES string of the molecule is O=C(NCc1cccc2cccnc12)NCC1(O)CCC1. The number of pyridine rings is 1. The van der Waals surface area contributed by atoms with Crippen molar-refractivity contribution in [3.05, 3.63) is 42.1 Å². The number of urea groups is 1. The van der Waals surface area contributed by atoms with Gasteiger partial charge in [-0.15, -0.1) is 0 Å². The number of amides is 2. The number of nitrogens with zero attached hydrogens (tertiary/aromatic N) is 1. The Morgan fingerprint density at radius 2 is 2.05 bits per heavy atom. The lowest BCUT2D eigenvalue weighted by Gasteiger charge is -2.36. The molecule has 1 aliphatic rings. The van der Waals surface area contributed by atoms with Crippen molar-refractivity contribution in [3.63, 3.8) is 0 Å². The number of aliphatic hydroxyl groups is 1. The first-order valence-electron chi connectivity index (χ1n) is 7.23. The van der Waals surface area contributed by atoms with Gasteiger partial charge in [0.05, 0.1) is 11.1 Å². The van der Waals surface area contributed by atoms with Crippen molar-refractivity contribution in [1.29, 1.82) is 0 Å². The Morgan fingerprint density at radius 3 is 2.81 bits per heavy atom. The molecular weight excluding hydrogens is 266 g/mol. The Balaban J connectivity index is 1.57. The van der Waals surface area contributed by atoms with Gasteiger partial charge in [0, 0.05) is 24.7 Å². The van der Waals surface area contributed by atoms with Crippen molar-refractivity contribution in [3.8, 4) is 0 Å². The molecule has 1 saturated carbocycles. The quantitative estimate of drug-likeness (QED) is 0.804. The normalized spacial score (nSPS) is 16.2. The van der Waals surface area contributed by atoms with Gasteiger partial charge in [-0.2, -0.15) is 0 Å². The zero-order chi connectivity index (χ0) is 14.7. The molecule has 0 unspecified atom stereocenters. The summed E-state index contributed by atoms with van der Waals surface area (Å²) in [6.45, 7) is 0.727. The number of aromatic nitrogens is 1. The third-order valence-electron chi connectivity index (χ3n) is 4.02. The van der Waals surface area contributed by atoms with E-state index in [1.165, 1.54) is 0 Å².